The third-order valence-corrected chi connectivity index (χ3v) is 7.71. The monoisotopic (exact) mass is 556 g/mol. The summed E-state index contributed by atoms with van der Waals surface area (Å²) >= 11 is 13.6. The molecule has 5 rings (SSSR count). The minimum absolute atomic E-state index is 0.139. The van der Waals surface area contributed by atoms with Crippen molar-refractivity contribution >= 4 is 68.9 Å². The lowest BCUT2D eigenvalue weighted by atomic mass is 10.1. The molecule has 0 aliphatic carbocycles. The minimum Gasteiger partial charge on any atom is -0.324 e. The van der Waals surface area contributed by atoms with Gasteiger partial charge in [0.15, 0.2) is 0 Å². The van der Waals surface area contributed by atoms with Gasteiger partial charge in [-0.3, -0.25) is 9.59 Å². The molecule has 0 fully saturated rings. The van der Waals surface area contributed by atoms with Crippen molar-refractivity contribution in [2.45, 2.75) is 10.1 Å². The van der Waals surface area contributed by atoms with Gasteiger partial charge in [-0.2, -0.15) is 0 Å². The molecule has 0 radical (unpaired) electrons. The third kappa shape index (κ3) is 6.03. The number of nitrogens with one attached hydrogen (secondary N) is 2. The average molecular weight is 558 g/mol. The highest BCUT2D eigenvalue weighted by atomic mass is 35.5. The number of anilines is 2. The fourth-order valence-corrected chi connectivity index (χ4v) is 5.67. The lowest BCUT2D eigenvalue weighted by Gasteiger charge is -2.18. The van der Waals surface area contributed by atoms with Gasteiger partial charge < -0.3 is 10.6 Å². The zero-order chi connectivity index (χ0) is 26.5. The number of benzene rings is 5. The topological polar surface area (TPSA) is 58.2 Å². The number of carbonyl (C=O) groups is 2. The molecule has 2 N–H and O–H groups in total. The molecule has 1 unspecified atom stereocenters. The Morgan fingerprint density at radius 1 is 0.711 bits per heavy atom. The first kappa shape index (κ1) is 25.9. The van der Waals surface area contributed by atoms with E-state index < -0.39 is 5.25 Å². The maximum atomic E-state index is 13.6. The fraction of sp³-hybridized carbons (Fsp3) is 0.0323. The quantitative estimate of drug-likeness (QED) is 0.197. The molecule has 0 heterocycles. The summed E-state index contributed by atoms with van der Waals surface area (Å²) in [6.45, 7) is 0. The summed E-state index contributed by atoms with van der Waals surface area (Å²) in [6, 6.07) is 35.6. The molecule has 0 aromatic heterocycles. The Labute approximate surface area is 235 Å². The highest BCUT2D eigenvalue weighted by Crippen LogP contribution is 2.38. The third-order valence-electron chi connectivity index (χ3n) is 5.91. The number of rotatable bonds is 7. The molecular formula is C31H22Cl2N2O2S. The predicted octanol–water partition coefficient (Wildman–Crippen LogP) is 8.87. The van der Waals surface area contributed by atoms with Gasteiger partial charge in [-0.25, -0.2) is 0 Å². The Hall–Kier alpha value is -3.77. The molecule has 2 amide bonds. The molecule has 188 valence electrons. The van der Waals surface area contributed by atoms with Gasteiger partial charge in [0, 0.05) is 26.7 Å². The molecule has 5 aromatic rings. The van der Waals surface area contributed by atoms with Crippen molar-refractivity contribution in [1.82, 2.24) is 0 Å². The summed E-state index contributed by atoms with van der Waals surface area (Å²) in [5.74, 6) is -0.484. The van der Waals surface area contributed by atoms with Gasteiger partial charge in [-0.1, -0.05) is 96.0 Å². The standard InChI is InChI=1S/C31H22Cl2N2O2S/c32-22-16-17-26(27(33)18-22)30(36)34-23-12-7-13-24(19-23)38-29(21-9-2-1-3-10-21)31(37)35-28-15-6-11-20-8-4-5-14-25(20)28/h1-19,29H,(H,34,36)(H,35,37). The molecule has 0 aliphatic rings. The Kier molecular flexibility index (Phi) is 7.99. The highest BCUT2D eigenvalue weighted by Gasteiger charge is 2.23. The van der Waals surface area contributed by atoms with Crippen molar-refractivity contribution in [3.05, 3.63) is 136 Å². The Morgan fingerprint density at radius 3 is 2.26 bits per heavy atom. The minimum atomic E-state index is -0.521. The van der Waals surface area contributed by atoms with E-state index in [0.29, 0.717) is 16.3 Å². The second kappa shape index (κ2) is 11.7. The van der Waals surface area contributed by atoms with Gasteiger partial charge >= 0.3 is 0 Å². The van der Waals surface area contributed by atoms with E-state index in [-0.39, 0.29) is 16.8 Å². The van der Waals surface area contributed by atoms with Crippen LogP contribution in [-0.2, 0) is 4.79 Å². The van der Waals surface area contributed by atoms with Crippen LogP contribution in [0.4, 0.5) is 11.4 Å². The SMILES string of the molecule is O=C(Nc1cccc(SC(C(=O)Nc2cccc3ccccc23)c2ccccc2)c1)c1ccc(Cl)cc1Cl. The van der Waals surface area contributed by atoms with Gasteiger partial charge in [0.2, 0.25) is 5.91 Å². The fourth-order valence-electron chi connectivity index (χ4n) is 4.09. The zero-order valence-corrected chi connectivity index (χ0v) is 22.4. The summed E-state index contributed by atoms with van der Waals surface area (Å²) < 4.78 is 0. The first-order valence-corrected chi connectivity index (χ1v) is 13.5. The van der Waals surface area contributed by atoms with E-state index in [9.17, 15) is 9.59 Å². The first-order valence-electron chi connectivity index (χ1n) is 11.8. The summed E-state index contributed by atoms with van der Waals surface area (Å²) in [4.78, 5) is 27.3. The second-order valence-corrected chi connectivity index (χ2v) is 10.6. The van der Waals surface area contributed by atoms with Gasteiger partial charge in [0.05, 0.1) is 10.6 Å². The van der Waals surface area contributed by atoms with Crippen molar-refractivity contribution in [1.29, 1.82) is 0 Å². The van der Waals surface area contributed by atoms with E-state index in [1.807, 2.05) is 91.0 Å². The second-order valence-electron chi connectivity index (χ2n) is 8.53. The van der Waals surface area contributed by atoms with Crippen molar-refractivity contribution < 1.29 is 9.59 Å². The molecule has 7 heteroatoms. The van der Waals surface area contributed by atoms with Crippen LogP contribution in [0.3, 0.4) is 0 Å². The van der Waals surface area contributed by atoms with E-state index in [1.54, 1.807) is 18.2 Å². The normalized spacial score (nSPS) is 11.6. The molecule has 0 aliphatic heterocycles. The van der Waals surface area contributed by atoms with Crippen LogP contribution in [-0.4, -0.2) is 11.8 Å². The van der Waals surface area contributed by atoms with E-state index in [4.69, 9.17) is 23.2 Å². The molecule has 0 spiro atoms. The van der Waals surface area contributed by atoms with Crippen LogP contribution in [0.15, 0.2) is 120 Å². The molecule has 1 atom stereocenters. The summed E-state index contributed by atoms with van der Waals surface area (Å²) in [6.07, 6.45) is 0. The smallest absolute Gasteiger partial charge is 0.257 e. The molecular weight excluding hydrogens is 535 g/mol. The van der Waals surface area contributed by atoms with Gasteiger partial charge in [0.1, 0.15) is 5.25 Å². The summed E-state index contributed by atoms with van der Waals surface area (Å²) in [7, 11) is 0. The van der Waals surface area contributed by atoms with Crippen LogP contribution in [0.25, 0.3) is 10.8 Å². The molecule has 5 aromatic carbocycles. The Morgan fingerprint density at radius 2 is 1.45 bits per heavy atom. The first-order chi connectivity index (χ1) is 18.5. The van der Waals surface area contributed by atoms with Crippen molar-refractivity contribution in [2.75, 3.05) is 10.6 Å². The molecule has 4 nitrogen and oxygen atoms in total. The van der Waals surface area contributed by atoms with Crippen LogP contribution < -0.4 is 10.6 Å². The van der Waals surface area contributed by atoms with Crippen LogP contribution >= 0.6 is 35.0 Å². The predicted molar refractivity (Wildman–Crippen MR) is 158 cm³/mol. The number of hydrogen-bond donors (Lipinski definition) is 2. The van der Waals surface area contributed by atoms with Crippen LogP contribution in [0.1, 0.15) is 21.2 Å². The molecule has 0 saturated carbocycles. The van der Waals surface area contributed by atoms with Crippen molar-refractivity contribution in [2.24, 2.45) is 0 Å². The highest BCUT2D eigenvalue weighted by molar-refractivity contribution is 8.00. The Bertz CT molecular complexity index is 1620. The number of halogens is 2. The van der Waals surface area contributed by atoms with E-state index in [1.165, 1.54) is 17.8 Å². The number of fused-ring (bicyclic) bond motifs is 1. The lowest BCUT2D eigenvalue weighted by Crippen LogP contribution is -2.19. The lowest BCUT2D eigenvalue weighted by molar-refractivity contribution is -0.115. The van der Waals surface area contributed by atoms with E-state index in [2.05, 4.69) is 10.6 Å². The number of carbonyl (C=O) groups excluding carboxylic acids is 2. The molecule has 0 saturated heterocycles. The maximum Gasteiger partial charge on any atom is 0.257 e. The van der Waals surface area contributed by atoms with E-state index >= 15 is 0 Å². The van der Waals surface area contributed by atoms with E-state index in [0.717, 1.165) is 26.9 Å². The number of amides is 2. The van der Waals surface area contributed by atoms with Gasteiger partial charge in [0.25, 0.3) is 5.91 Å². The Balaban J connectivity index is 1.39. The zero-order valence-electron chi connectivity index (χ0n) is 20.0. The molecule has 38 heavy (non-hydrogen) atoms. The summed E-state index contributed by atoms with van der Waals surface area (Å²) in [5, 5.41) is 8.25. The van der Waals surface area contributed by atoms with Crippen molar-refractivity contribution in [3.63, 3.8) is 0 Å². The average Bonchev–Trinajstić information content (AvgIpc) is 2.92. The van der Waals surface area contributed by atoms with Crippen LogP contribution in [0.2, 0.25) is 10.0 Å². The van der Waals surface area contributed by atoms with Crippen LogP contribution in [0.5, 0.6) is 0 Å². The molecule has 0 bridgehead atoms. The number of thioether (sulfide) groups is 1. The largest absolute Gasteiger partial charge is 0.324 e. The van der Waals surface area contributed by atoms with Gasteiger partial charge in [-0.05, 0) is 53.4 Å². The number of hydrogen-bond acceptors (Lipinski definition) is 3. The van der Waals surface area contributed by atoms with Crippen molar-refractivity contribution in [3.8, 4) is 0 Å². The maximum absolute atomic E-state index is 13.6. The van der Waals surface area contributed by atoms with Crippen LogP contribution in [0, 0.1) is 0 Å². The van der Waals surface area contributed by atoms with Gasteiger partial charge in [-0.15, -0.1) is 11.8 Å². The summed E-state index contributed by atoms with van der Waals surface area (Å²) in [5.41, 5.74) is 2.55.